The number of hydrogen-bond acceptors (Lipinski definition) is 5. The summed E-state index contributed by atoms with van der Waals surface area (Å²) < 4.78 is 27.3. The normalized spacial score (nSPS) is 25.5. The Morgan fingerprint density at radius 2 is 2.04 bits per heavy atom. The molecule has 0 saturated carbocycles. The maximum Gasteiger partial charge on any atom is 0.253 e. The predicted molar refractivity (Wildman–Crippen MR) is 97.1 cm³/mol. The third-order valence-electron chi connectivity index (χ3n) is 4.69. The molecule has 0 bridgehead atoms. The Morgan fingerprint density at radius 3 is 2.71 bits per heavy atom. The highest BCUT2D eigenvalue weighted by Crippen LogP contribution is 2.30. The fourth-order valence-electron chi connectivity index (χ4n) is 3.42. The molecule has 1 aromatic rings. The van der Waals surface area contributed by atoms with Crippen molar-refractivity contribution in [1.29, 1.82) is 0 Å². The Hall–Kier alpha value is -0.670. The van der Waals surface area contributed by atoms with Crippen molar-refractivity contribution in [3.63, 3.8) is 0 Å². The molecule has 0 aromatic carbocycles. The number of hydrogen-bond donors (Lipinski definition) is 1. The smallest absolute Gasteiger partial charge is 0.253 e. The van der Waals surface area contributed by atoms with Gasteiger partial charge in [0.15, 0.2) is 0 Å². The summed E-state index contributed by atoms with van der Waals surface area (Å²) in [4.78, 5) is 14.7. The van der Waals surface area contributed by atoms with Gasteiger partial charge in [-0.3, -0.25) is 4.79 Å². The molecule has 0 aliphatic carbocycles. The molecule has 0 spiro atoms. The third kappa shape index (κ3) is 3.77. The first-order valence-electron chi connectivity index (χ1n) is 8.05. The Bertz CT molecular complexity index is 651. The highest BCUT2D eigenvalue weighted by molar-refractivity contribution is 7.91. The van der Waals surface area contributed by atoms with Gasteiger partial charge in [0.1, 0.15) is 10.3 Å². The topological polar surface area (TPSA) is 69.7 Å². The lowest BCUT2D eigenvalue weighted by Gasteiger charge is -2.35. The summed E-state index contributed by atoms with van der Waals surface area (Å²) in [7, 11) is -1.65. The summed E-state index contributed by atoms with van der Waals surface area (Å²) in [6.45, 7) is 1.82. The van der Waals surface area contributed by atoms with Crippen LogP contribution < -0.4 is 5.32 Å². The van der Waals surface area contributed by atoms with Crippen molar-refractivity contribution in [3.8, 4) is 0 Å². The first-order valence-corrected chi connectivity index (χ1v) is 10.4. The highest BCUT2D eigenvalue weighted by Gasteiger charge is 2.42. The molecule has 3 rings (SSSR count). The van der Waals surface area contributed by atoms with Crippen molar-refractivity contribution in [2.24, 2.45) is 0 Å². The first-order chi connectivity index (χ1) is 11.0. The number of sulfonamides is 1. The Morgan fingerprint density at radius 1 is 1.29 bits per heavy atom. The lowest BCUT2D eigenvalue weighted by Crippen LogP contribution is -2.53. The van der Waals surface area contributed by atoms with Crippen molar-refractivity contribution in [2.75, 3.05) is 26.7 Å². The second-order valence-electron chi connectivity index (χ2n) is 6.12. The molecule has 2 aliphatic rings. The number of carbonyl (C=O) groups excluding carboxylic acids is 1. The number of likely N-dealkylation sites (tertiary alicyclic amines) is 1. The SMILES string of the molecule is CNC1CCCN(C(=O)C2CCCN2S(=O)(=O)c2cccs2)C1.Cl. The fraction of sp³-hybridized carbons (Fsp3) is 0.667. The van der Waals surface area contributed by atoms with Crippen molar-refractivity contribution in [2.45, 2.75) is 42.0 Å². The zero-order chi connectivity index (χ0) is 16.4. The lowest BCUT2D eigenvalue weighted by atomic mass is 10.0. The number of halogens is 1. The molecule has 2 fully saturated rings. The Balaban J connectivity index is 0.00000208. The minimum atomic E-state index is -3.56. The number of rotatable bonds is 4. The second-order valence-corrected chi connectivity index (χ2v) is 9.18. The van der Waals surface area contributed by atoms with Gasteiger partial charge in [-0.1, -0.05) is 6.07 Å². The van der Waals surface area contributed by atoms with Crippen LogP contribution in [-0.4, -0.2) is 62.3 Å². The molecule has 2 atom stereocenters. The molecular weight excluding hydrogens is 370 g/mol. The van der Waals surface area contributed by atoms with Gasteiger partial charge in [-0.2, -0.15) is 4.31 Å². The van der Waals surface area contributed by atoms with Crippen LogP contribution in [0.2, 0.25) is 0 Å². The van der Waals surface area contributed by atoms with Crippen LogP contribution in [0, 0.1) is 0 Å². The van der Waals surface area contributed by atoms with Gasteiger partial charge in [0, 0.05) is 25.7 Å². The molecule has 1 amide bonds. The number of piperidine rings is 1. The zero-order valence-corrected chi connectivity index (χ0v) is 16.1. The lowest BCUT2D eigenvalue weighted by molar-refractivity contribution is -0.136. The molecule has 2 unspecified atom stereocenters. The quantitative estimate of drug-likeness (QED) is 0.842. The van der Waals surface area contributed by atoms with E-state index in [2.05, 4.69) is 5.32 Å². The molecule has 24 heavy (non-hydrogen) atoms. The minimum absolute atomic E-state index is 0. The van der Waals surface area contributed by atoms with Gasteiger partial charge in [0.25, 0.3) is 10.0 Å². The van der Waals surface area contributed by atoms with Gasteiger partial charge in [0.05, 0.1) is 0 Å². The van der Waals surface area contributed by atoms with Crippen LogP contribution in [0.5, 0.6) is 0 Å². The van der Waals surface area contributed by atoms with Crippen molar-refractivity contribution in [3.05, 3.63) is 17.5 Å². The average molecular weight is 394 g/mol. The molecule has 2 saturated heterocycles. The van der Waals surface area contributed by atoms with Gasteiger partial charge >= 0.3 is 0 Å². The van der Waals surface area contributed by atoms with E-state index in [1.807, 2.05) is 11.9 Å². The van der Waals surface area contributed by atoms with Gasteiger partial charge in [-0.25, -0.2) is 8.42 Å². The van der Waals surface area contributed by atoms with Gasteiger partial charge in [-0.15, -0.1) is 23.7 Å². The summed E-state index contributed by atoms with van der Waals surface area (Å²) in [5.41, 5.74) is 0. The molecule has 3 heterocycles. The van der Waals surface area contributed by atoms with Crippen molar-refractivity contribution in [1.82, 2.24) is 14.5 Å². The first kappa shape index (κ1) is 19.7. The number of carbonyl (C=O) groups is 1. The van der Waals surface area contributed by atoms with Gasteiger partial charge in [0.2, 0.25) is 5.91 Å². The standard InChI is InChI=1S/C15H23N3O3S2.ClH/c1-16-12-5-2-8-17(11-12)15(19)13-6-3-9-18(13)23(20,21)14-7-4-10-22-14;/h4,7,10,12-13,16H,2-3,5-6,8-9,11H2,1H3;1H. The fourth-order valence-corrected chi connectivity index (χ4v) is 6.19. The summed E-state index contributed by atoms with van der Waals surface area (Å²) in [5, 5.41) is 4.97. The molecule has 0 radical (unpaired) electrons. The Kier molecular flexibility index (Phi) is 6.66. The number of likely N-dealkylation sites (N-methyl/N-ethyl adjacent to an activating group) is 1. The van der Waals surface area contributed by atoms with Gasteiger partial charge in [-0.05, 0) is 44.2 Å². The molecule has 9 heteroatoms. The van der Waals surface area contributed by atoms with E-state index in [9.17, 15) is 13.2 Å². The van der Waals surface area contributed by atoms with Crippen LogP contribution in [0.4, 0.5) is 0 Å². The van der Waals surface area contributed by atoms with Crippen LogP contribution in [0.3, 0.4) is 0 Å². The van der Waals surface area contributed by atoms with E-state index in [-0.39, 0.29) is 18.3 Å². The monoisotopic (exact) mass is 393 g/mol. The molecule has 136 valence electrons. The van der Waals surface area contributed by atoms with E-state index < -0.39 is 16.1 Å². The number of amides is 1. The summed E-state index contributed by atoms with van der Waals surface area (Å²) in [5.74, 6) is -0.0393. The van der Waals surface area contributed by atoms with E-state index in [1.54, 1.807) is 17.5 Å². The third-order valence-corrected chi connectivity index (χ3v) is 7.97. The largest absolute Gasteiger partial charge is 0.340 e. The van der Waals surface area contributed by atoms with Gasteiger partial charge < -0.3 is 10.2 Å². The van der Waals surface area contributed by atoms with Crippen LogP contribution in [0.25, 0.3) is 0 Å². The summed E-state index contributed by atoms with van der Waals surface area (Å²) in [6.07, 6.45) is 3.37. The van der Waals surface area contributed by atoms with E-state index in [1.165, 1.54) is 15.6 Å². The number of nitrogens with one attached hydrogen (secondary N) is 1. The van der Waals surface area contributed by atoms with E-state index in [0.717, 1.165) is 25.8 Å². The van der Waals surface area contributed by atoms with E-state index >= 15 is 0 Å². The zero-order valence-electron chi connectivity index (χ0n) is 13.7. The van der Waals surface area contributed by atoms with E-state index in [4.69, 9.17) is 0 Å². The van der Waals surface area contributed by atoms with E-state index in [0.29, 0.717) is 29.8 Å². The predicted octanol–water partition coefficient (Wildman–Crippen LogP) is 1.53. The summed E-state index contributed by atoms with van der Waals surface area (Å²) >= 11 is 1.21. The summed E-state index contributed by atoms with van der Waals surface area (Å²) in [6, 6.07) is 3.10. The average Bonchev–Trinajstić information content (AvgIpc) is 3.25. The van der Waals surface area contributed by atoms with Crippen LogP contribution >= 0.6 is 23.7 Å². The molecule has 1 aromatic heterocycles. The second kappa shape index (κ2) is 8.14. The molecule has 6 nitrogen and oxygen atoms in total. The maximum absolute atomic E-state index is 12.9. The molecular formula is C15H24ClN3O3S2. The van der Waals surface area contributed by atoms with Crippen LogP contribution in [0.15, 0.2) is 21.7 Å². The number of nitrogens with zero attached hydrogens (tertiary/aromatic N) is 2. The minimum Gasteiger partial charge on any atom is -0.340 e. The van der Waals surface area contributed by atoms with Crippen LogP contribution in [0.1, 0.15) is 25.7 Å². The van der Waals surface area contributed by atoms with Crippen molar-refractivity contribution >= 4 is 39.7 Å². The Labute approximate surface area is 153 Å². The number of thiophene rings is 1. The van der Waals surface area contributed by atoms with Crippen LogP contribution in [-0.2, 0) is 14.8 Å². The molecule has 2 aliphatic heterocycles. The highest BCUT2D eigenvalue weighted by atomic mass is 35.5. The molecule has 1 N–H and O–H groups in total. The van der Waals surface area contributed by atoms with Crippen molar-refractivity contribution < 1.29 is 13.2 Å². The maximum atomic E-state index is 12.9.